The van der Waals surface area contributed by atoms with E-state index in [1.165, 1.54) is 12.1 Å². The Morgan fingerprint density at radius 1 is 1.47 bits per heavy atom. The van der Waals surface area contributed by atoms with E-state index in [1.807, 2.05) is 6.92 Å². The van der Waals surface area contributed by atoms with Gasteiger partial charge in [0.15, 0.2) is 0 Å². The molecule has 3 N–H and O–H groups in total. The highest BCUT2D eigenvalue weighted by Crippen LogP contribution is 2.20. The maximum absolute atomic E-state index is 12.9. The quantitative estimate of drug-likeness (QED) is 0.839. The molecule has 86 valence electrons. The summed E-state index contributed by atoms with van der Waals surface area (Å²) in [5.41, 5.74) is 7.70. The molecular formula is C11H17ClFNO. The summed E-state index contributed by atoms with van der Waals surface area (Å²) in [6.07, 6.45) is 1.33. The number of nitrogens with two attached hydrogens (primary N) is 1. The summed E-state index contributed by atoms with van der Waals surface area (Å²) >= 11 is 0. The fraction of sp³-hybridized carbons (Fsp3) is 0.455. The molecule has 1 aromatic rings. The van der Waals surface area contributed by atoms with Crippen molar-refractivity contribution in [2.45, 2.75) is 25.8 Å². The maximum Gasteiger partial charge on any atom is 0.123 e. The smallest absolute Gasteiger partial charge is 0.123 e. The molecule has 0 amide bonds. The number of rotatable bonds is 4. The first-order valence-electron chi connectivity index (χ1n) is 4.77. The van der Waals surface area contributed by atoms with Gasteiger partial charge in [0.1, 0.15) is 5.82 Å². The lowest BCUT2D eigenvalue weighted by atomic mass is 9.98. The minimum Gasteiger partial charge on any atom is -0.396 e. The molecule has 0 aromatic heterocycles. The standard InChI is InChI=1S/C11H16FNO.ClH/c1-8-4-5-9(12)7-10(8)11(13)3-2-6-14;/h4-5,7,11,14H,2-3,6,13H2,1H3;1H/t11-;/m0./s1. The van der Waals surface area contributed by atoms with Crippen LogP contribution in [-0.2, 0) is 0 Å². The van der Waals surface area contributed by atoms with Gasteiger partial charge in [-0.15, -0.1) is 12.4 Å². The van der Waals surface area contributed by atoms with Crippen LogP contribution >= 0.6 is 12.4 Å². The Kier molecular flexibility index (Phi) is 6.48. The van der Waals surface area contributed by atoms with Crippen LogP contribution in [0.1, 0.15) is 30.0 Å². The van der Waals surface area contributed by atoms with Crippen LogP contribution in [-0.4, -0.2) is 11.7 Å². The van der Waals surface area contributed by atoms with Gasteiger partial charge in [0.25, 0.3) is 0 Å². The summed E-state index contributed by atoms with van der Waals surface area (Å²) in [6.45, 7) is 2.04. The van der Waals surface area contributed by atoms with Gasteiger partial charge < -0.3 is 10.8 Å². The van der Waals surface area contributed by atoms with Gasteiger partial charge in [0.2, 0.25) is 0 Å². The molecule has 1 atom stereocenters. The zero-order valence-electron chi connectivity index (χ0n) is 8.74. The molecule has 0 saturated heterocycles. The molecule has 1 rings (SSSR count). The van der Waals surface area contributed by atoms with E-state index in [2.05, 4.69) is 0 Å². The molecule has 4 heteroatoms. The van der Waals surface area contributed by atoms with E-state index < -0.39 is 0 Å². The van der Waals surface area contributed by atoms with E-state index in [9.17, 15) is 4.39 Å². The van der Waals surface area contributed by atoms with Gasteiger partial charge in [-0.05, 0) is 43.0 Å². The SMILES string of the molecule is Cc1ccc(F)cc1[C@@H](N)CCCO.Cl. The summed E-state index contributed by atoms with van der Waals surface area (Å²) in [5, 5.41) is 8.66. The molecule has 0 saturated carbocycles. The van der Waals surface area contributed by atoms with Crippen molar-refractivity contribution < 1.29 is 9.50 Å². The third-order valence-corrected chi connectivity index (χ3v) is 2.31. The number of benzene rings is 1. The molecule has 0 aliphatic heterocycles. The zero-order valence-corrected chi connectivity index (χ0v) is 9.56. The molecule has 0 bridgehead atoms. The normalized spacial score (nSPS) is 12.0. The molecule has 2 nitrogen and oxygen atoms in total. The molecule has 1 aromatic carbocycles. The highest BCUT2D eigenvalue weighted by atomic mass is 35.5. The van der Waals surface area contributed by atoms with Crippen LogP contribution in [0.25, 0.3) is 0 Å². The third kappa shape index (κ3) is 4.16. The minimum absolute atomic E-state index is 0. The van der Waals surface area contributed by atoms with Crippen LogP contribution in [0.15, 0.2) is 18.2 Å². The van der Waals surface area contributed by atoms with Crippen molar-refractivity contribution in [2.24, 2.45) is 5.73 Å². The fourth-order valence-electron chi connectivity index (χ4n) is 1.48. The molecule has 0 radical (unpaired) electrons. The van der Waals surface area contributed by atoms with Gasteiger partial charge in [-0.2, -0.15) is 0 Å². The van der Waals surface area contributed by atoms with Crippen LogP contribution in [0.3, 0.4) is 0 Å². The van der Waals surface area contributed by atoms with Gasteiger partial charge >= 0.3 is 0 Å². The zero-order chi connectivity index (χ0) is 10.6. The van der Waals surface area contributed by atoms with Crippen molar-refractivity contribution in [2.75, 3.05) is 6.61 Å². The van der Waals surface area contributed by atoms with Gasteiger partial charge in [-0.25, -0.2) is 4.39 Å². The van der Waals surface area contributed by atoms with Crippen molar-refractivity contribution >= 4 is 12.4 Å². The maximum atomic E-state index is 12.9. The number of aliphatic hydroxyl groups is 1. The van der Waals surface area contributed by atoms with Crippen LogP contribution in [0.4, 0.5) is 4.39 Å². The highest BCUT2D eigenvalue weighted by Gasteiger charge is 2.09. The van der Waals surface area contributed by atoms with Gasteiger partial charge in [-0.1, -0.05) is 6.07 Å². The average Bonchev–Trinajstić information content (AvgIpc) is 2.18. The summed E-state index contributed by atoms with van der Waals surface area (Å²) in [5.74, 6) is -0.259. The second-order valence-electron chi connectivity index (χ2n) is 3.47. The lowest BCUT2D eigenvalue weighted by molar-refractivity contribution is 0.280. The van der Waals surface area contributed by atoms with Crippen molar-refractivity contribution in [1.29, 1.82) is 0 Å². The minimum atomic E-state index is -0.259. The molecule has 0 fully saturated rings. The Bertz CT molecular complexity index is 307. The van der Waals surface area contributed by atoms with Crippen molar-refractivity contribution in [3.8, 4) is 0 Å². The molecule has 0 aliphatic carbocycles. The van der Waals surface area contributed by atoms with E-state index >= 15 is 0 Å². The number of aryl methyl sites for hydroxylation is 1. The summed E-state index contributed by atoms with van der Waals surface area (Å²) in [4.78, 5) is 0. The van der Waals surface area contributed by atoms with E-state index in [4.69, 9.17) is 10.8 Å². The number of hydrogen-bond acceptors (Lipinski definition) is 2. The van der Waals surface area contributed by atoms with E-state index in [1.54, 1.807) is 6.07 Å². The van der Waals surface area contributed by atoms with Gasteiger partial charge in [0, 0.05) is 12.6 Å². The number of halogens is 2. The largest absolute Gasteiger partial charge is 0.396 e. The van der Waals surface area contributed by atoms with Gasteiger partial charge in [-0.3, -0.25) is 0 Å². The lowest BCUT2D eigenvalue weighted by Gasteiger charge is -2.13. The average molecular weight is 234 g/mol. The van der Waals surface area contributed by atoms with E-state index in [-0.39, 0.29) is 30.9 Å². The second kappa shape index (κ2) is 6.77. The van der Waals surface area contributed by atoms with Crippen molar-refractivity contribution in [1.82, 2.24) is 0 Å². The van der Waals surface area contributed by atoms with E-state index in [0.717, 1.165) is 11.1 Å². The lowest BCUT2D eigenvalue weighted by Crippen LogP contribution is -2.12. The molecular weight excluding hydrogens is 217 g/mol. The van der Waals surface area contributed by atoms with Crippen molar-refractivity contribution in [3.05, 3.63) is 35.1 Å². The summed E-state index contributed by atoms with van der Waals surface area (Å²) in [7, 11) is 0. The van der Waals surface area contributed by atoms with Crippen LogP contribution in [0, 0.1) is 12.7 Å². The van der Waals surface area contributed by atoms with Crippen LogP contribution in [0.5, 0.6) is 0 Å². The molecule has 0 unspecified atom stereocenters. The Morgan fingerprint density at radius 2 is 2.13 bits per heavy atom. The molecule has 0 heterocycles. The highest BCUT2D eigenvalue weighted by molar-refractivity contribution is 5.85. The number of hydrogen-bond donors (Lipinski definition) is 2. The van der Waals surface area contributed by atoms with Crippen molar-refractivity contribution in [3.63, 3.8) is 0 Å². The van der Waals surface area contributed by atoms with Gasteiger partial charge in [0.05, 0.1) is 0 Å². The predicted octanol–water partition coefficient (Wildman–Crippen LogP) is 2.33. The second-order valence-corrected chi connectivity index (χ2v) is 3.47. The fourth-order valence-corrected chi connectivity index (χ4v) is 1.48. The molecule has 0 spiro atoms. The molecule has 15 heavy (non-hydrogen) atoms. The predicted molar refractivity (Wildman–Crippen MR) is 61.6 cm³/mol. The Hall–Kier alpha value is -0.640. The monoisotopic (exact) mass is 233 g/mol. The topological polar surface area (TPSA) is 46.2 Å². The first-order valence-corrected chi connectivity index (χ1v) is 4.77. The Balaban J connectivity index is 0.00000196. The van der Waals surface area contributed by atoms with E-state index in [0.29, 0.717) is 12.8 Å². The van der Waals surface area contributed by atoms with Crippen LogP contribution < -0.4 is 5.73 Å². The summed E-state index contributed by atoms with van der Waals surface area (Å²) in [6, 6.07) is 4.44. The summed E-state index contributed by atoms with van der Waals surface area (Å²) < 4.78 is 12.9. The van der Waals surface area contributed by atoms with Crippen LogP contribution in [0.2, 0.25) is 0 Å². The Labute approximate surface area is 95.7 Å². The number of aliphatic hydroxyl groups excluding tert-OH is 1. The Morgan fingerprint density at radius 3 is 2.73 bits per heavy atom. The molecule has 0 aliphatic rings. The first kappa shape index (κ1) is 14.4. The third-order valence-electron chi connectivity index (χ3n) is 2.31. The first-order chi connectivity index (χ1) is 6.65.